The maximum absolute atomic E-state index is 14.0. The van der Waals surface area contributed by atoms with Crippen molar-refractivity contribution in [1.82, 2.24) is 14.8 Å². The lowest BCUT2D eigenvalue weighted by atomic mass is 10.1. The molecule has 0 saturated carbocycles. The summed E-state index contributed by atoms with van der Waals surface area (Å²) in [6.07, 6.45) is 1.27. The fourth-order valence-corrected chi connectivity index (χ4v) is 2.37. The molecular weight excluding hydrogens is 308 g/mol. The van der Waals surface area contributed by atoms with Gasteiger partial charge in [-0.3, -0.25) is 4.79 Å². The lowest BCUT2D eigenvalue weighted by molar-refractivity contribution is 0.0694. The van der Waals surface area contributed by atoms with E-state index in [2.05, 4.69) is 10.2 Å². The topological polar surface area (TPSA) is 85.1 Å². The van der Waals surface area contributed by atoms with Gasteiger partial charge in [-0.2, -0.15) is 5.10 Å². The first kappa shape index (κ1) is 14.8. The van der Waals surface area contributed by atoms with Crippen molar-refractivity contribution in [3.8, 4) is 11.3 Å². The second kappa shape index (κ2) is 5.24. The molecule has 0 aliphatic rings. The van der Waals surface area contributed by atoms with Crippen molar-refractivity contribution in [2.24, 2.45) is 7.05 Å². The fourth-order valence-electron chi connectivity index (χ4n) is 2.37. The minimum Gasteiger partial charge on any atom is -0.477 e. The van der Waals surface area contributed by atoms with Gasteiger partial charge in [0.1, 0.15) is 22.9 Å². The van der Waals surface area contributed by atoms with Crippen LogP contribution >= 0.6 is 0 Å². The molecule has 0 aliphatic carbocycles. The number of carbonyl (C=O) groups is 1. The predicted molar refractivity (Wildman–Crippen MR) is 77.1 cm³/mol. The summed E-state index contributed by atoms with van der Waals surface area (Å²) < 4.78 is 28.1. The van der Waals surface area contributed by atoms with Gasteiger partial charge in [-0.15, -0.1) is 5.10 Å². The van der Waals surface area contributed by atoms with Gasteiger partial charge >= 0.3 is 5.97 Å². The normalized spacial score (nSPS) is 10.9. The highest BCUT2D eigenvalue weighted by atomic mass is 19.1. The van der Waals surface area contributed by atoms with Crippen LogP contribution in [0.3, 0.4) is 0 Å². The smallest absolute Gasteiger partial charge is 0.341 e. The molecule has 23 heavy (non-hydrogen) atoms. The van der Waals surface area contributed by atoms with Crippen LogP contribution < -0.4 is 5.56 Å². The second-order valence-corrected chi connectivity index (χ2v) is 4.85. The van der Waals surface area contributed by atoms with Crippen LogP contribution in [0.4, 0.5) is 8.78 Å². The number of halogens is 2. The van der Waals surface area contributed by atoms with Crippen LogP contribution in [0.5, 0.6) is 0 Å². The number of aromatic carboxylic acids is 1. The molecule has 6 nitrogen and oxygen atoms in total. The molecule has 0 fully saturated rings. The zero-order valence-electron chi connectivity index (χ0n) is 11.7. The molecule has 0 spiro atoms. The Morgan fingerprint density at radius 3 is 2.65 bits per heavy atom. The molecule has 3 rings (SSSR count). The Bertz CT molecular complexity index is 1010. The van der Waals surface area contributed by atoms with Gasteiger partial charge in [0.25, 0.3) is 5.56 Å². The quantitative estimate of drug-likeness (QED) is 0.781. The Kier molecular flexibility index (Phi) is 3.36. The Morgan fingerprint density at radius 1 is 1.26 bits per heavy atom. The molecule has 8 heteroatoms. The van der Waals surface area contributed by atoms with Crippen molar-refractivity contribution in [3.63, 3.8) is 0 Å². The second-order valence-electron chi connectivity index (χ2n) is 4.85. The molecule has 2 aromatic heterocycles. The third-order valence-electron chi connectivity index (χ3n) is 3.44. The third-order valence-corrected chi connectivity index (χ3v) is 3.44. The van der Waals surface area contributed by atoms with E-state index in [0.29, 0.717) is 11.5 Å². The zero-order chi connectivity index (χ0) is 16.7. The van der Waals surface area contributed by atoms with Crippen LogP contribution in [0.15, 0.2) is 35.3 Å². The lowest BCUT2D eigenvalue weighted by Gasteiger charge is -2.11. The van der Waals surface area contributed by atoms with E-state index in [1.807, 2.05) is 0 Å². The van der Waals surface area contributed by atoms with Gasteiger partial charge in [-0.05, 0) is 18.2 Å². The van der Waals surface area contributed by atoms with Crippen molar-refractivity contribution >= 4 is 16.9 Å². The highest BCUT2D eigenvalue weighted by Gasteiger charge is 2.18. The van der Waals surface area contributed by atoms with E-state index < -0.39 is 28.7 Å². The number of aromatic nitrogens is 3. The largest absolute Gasteiger partial charge is 0.477 e. The average Bonchev–Trinajstić information content (AvgIpc) is 2.50. The van der Waals surface area contributed by atoms with E-state index in [4.69, 9.17) is 5.11 Å². The molecule has 116 valence electrons. The number of nitrogens with zero attached hydrogens (tertiary/aromatic N) is 3. The molecule has 0 radical (unpaired) electrons. The van der Waals surface area contributed by atoms with E-state index in [9.17, 15) is 18.4 Å². The summed E-state index contributed by atoms with van der Waals surface area (Å²) in [6, 6.07) is 4.09. The molecule has 0 saturated heterocycles. The van der Waals surface area contributed by atoms with Crippen LogP contribution in [0, 0.1) is 11.6 Å². The monoisotopic (exact) mass is 317 g/mol. The van der Waals surface area contributed by atoms with Crippen LogP contribution in [-0.2, 0) is 7.05 Å². The SMILES string of the molecule is Cn1c(=O)c(C(=O)O)cc2cnnc(-c3ccc(F)cc3F)c21. The molecule has 1 aromatic carbocycles. The highest BCUT2D eigenvalue weighted by molar-refractivity contribution is 5.96. The van der Waals surface area contributed by atoms with Crippen molar-refractivity contribution in [1.29, 1.82) is 0 Å². The third kappa shape index (κ3) is 2.33. The number of fused-ring (bicyclic) bond motifs is 1. The minimum absolute atomic E-state index is 0.0246. The number of carboxylic acid groups (broad SMARTS) is 1. The number of benzene rings is 1. The van der Waals surface area contributed by atoms with Gasteiger partial charge in [0, 0.05) is 24.1 Å². The number of aryl methyl sites for hydroxylation is 1. The van der Waals surface area contributed by atoms with Gasteiger partial charge in [0.15, 0.2) is 0 Å². The molecule has 0 unspecified atom stereocenters. The first-order valence-electron chi connectivity index (χ1n) is 6.44. The summed E-state index contributed by atoms with van der Waals surface area (Å²) in [6.45, 7) is 0. The molecule has 3 aromatic rings. The van der Waals surface area contributed by atoms with Gasteiger partial charge < -0.3 is 9.67 Å². The molecule has 0 aliphatic heterocycles. The van der Waals surface area contributed by atoms with Crippen LogP contribution in [-0.4, -0.2) is 25.8 Å². The van der Waals surface area contributed by atoms with Crippen LogP contribution in [0.2, 0.25) is 0 Å². The molecule has 0 atom stereocenters. The fraction of sp³-hybridized carbons (Fsp3) is 0.0667. The summed E-state index contributed by atoms with van der Waals surface area (Å²) in [5.74, 6) is -2.98. The molecule has 2 heterocycles. The summed E-state index contributed by atoms with van der Waals surface area (Å²) in [7, 11) is 1.35. The van der Waals surface area contributed by atoms with Gasteiger partial charge in [0.05, 0.1) is 11.7 Å². The molecule has 1 N–H and O–H groups in total. The van der Waals surface area contributed by atoms with Crippen molar-refractivity contribution in [2.75, 3.05) is 0 Å². The maximum Gasteiger partial charge on any atom is 0.341 e. The summed E-state index contributed by atoms with van der Waals surface area (Å²) in [5.41, 5.74) is -1.00. The van der Waals surface area contributed by atoms with Crippen molar-refractivity contribution in [2.45, 2.75) is 0 Å². The number of carboxylic acids is 1. The molecule has 0 bridgehead atoms. The van der Waals surface area contributed by atoms with E-state index in [1.54, 1.807) is 0 Å². The zero-order valence-corrected chi connectivity index (χ0v) is 11.7. The number of hydrogen-bond acceptors (Lipinski definition) is 4. The Morgan fingerprint density at radius 2 is 2.00 bits per heavy atom. The average molecular weight is 317 g/mol. The van der Waals surface area contributed by atoms with Gasteiger partial charge in [-0.25, -0.2) is 13.6 Å². The maximum atomic E-state index is 14.0. The predicted octanol–water partition coefficient (Wildman–Crippen LogP) is 1.97. The van der Waals surface area contributed by atoms with Crippen LogP contribution in [0.1, 0.15) is 10.4 Å². The highest BCUT2D eigenvalue weighted by Crippen LogP contribution is 2.27. The standard InChI is InChI=1S/C15H9F2N3O3/c1-20-13-7(4-10(14(20)21)15(22)23)6-18-19-12(13)9-3-2-8(16)5-11(9)17/h2-6H,1H3,(H,22,23). The Hall–Kier alpha value is -3.16. The number of hydrogen-bond donors (Lipinski definition) is 1. The van der Waals surface area contributed by atoms with E-state index in [1.165, 1.54) is 19.3 Å². The Labute approximate surface area is 127 Å². The van der Waals surface area contributed by atoms with E-state index >= 15 is 0 Å². The van der Waals surface area contributed by atoms with E-state index in [-0.39, 0.29) is 16.8 Å². The first-order valence-corrected chi connectivity index (χ1v) is 6.44. The molecule has 0 amide bonds. The summed E-state index contributed by atoms with van der Waals surface area (Å²) in [4.78, 5) is 23.2. The van der Waals surface area contributed by atoms with Crippen molar-refractivity contribution < 1.29 is 18.7 Å². The number of pyridine rings is 1. The van der Waals surface area contributed by atoms with E-state index in [0.717, 1.165) is 16.7 Å². The Balaban J connectivity index is 2.42. The lowest BCUT2D eigenvalue weighted by Crippen LogP contribution is -2.25. The van der Waals surface area contributed by atoms with Gasteiger partial charge in [0.2, 0.25) is 0 Å². The first-order chi connectivity index (χ1) is 10.9. The van der Waals surface area contributed by atoms with Crippen LogP contribution in [0.25, 0.3) is 22.2 Å². The summed E-state index contributed by atoms with van der Waals surface area (Å²) >= 11 is 0. The summed E-state index contributed by atoms with van der Waals surface area (Å²) in [5, 5.41) is 16.9. The van der Waals surface area contributed by atoms with Gasteiger partial charge in [-0.1, -0.05) is 0 Å². The van der Waals surface area contributed by atoms with Crippen molar-refractivity contribution in [3.05, 3.63) is 58.0 Å². The minimum atomic E-state index is -1.38. The molecular formula is C15H9F2N3O3. The number of rotatable bonds is 2.